The Balaban J connectivity index is 0.00000261. The van der Waals surface area contributed by atoms with E-state index >= 15 is 0 Å². The zero-order chi connectivity index (χ0) is 18.6. The van der Waals surface area contributed by atoms with Gasteiger partial charge in [0.25, 0.3) is 5.56 Å². The Bertz CT molecular complexity index is 690. The van der Waals surface area contributed by atoms with Crippen molar-refractivity contribution in [2.75, 3.05) is 44.2 Å². The van der Waals surface area contributed by atoms with Crippen molar-refractivity contribution in [3.05, 3.63) is 22.7 Å². The molecule has 1 aliphatic carbocycles. The molecule has 2 aliphatic rings. The number of nitrogens with zero attached hydrogens (tertiary/aromatic N) is 5. The molecule has 27 heavy (non-hydrogen) atoms. The van der Waals surface area contributed by atoms with Crippen LogP contribution in [0.5, 0.6) is 0 Å². The molecule has 1 N–H and O–H groups in total. The molecule has 0 radical (unpaired) electrons. The molecule has 0 unspecified atom stereocenters. The Morgan fingerprint density at radius 1 is 1.26 bits per heavy atom. The average Bonchev–Trinajstić information content (AvgIpc) is 3.08. The van der Waals surface area contributed by atoms with Gasteiger partial charge in [-0.15, -0.1) is 24.0 Å². The fourth-order valence-electron chi connectivity index (χ4n) is 3.91. The minimum Gasteiger partial charge on any atom is -0.357 e. The van der Waals surface area contributed by atoms with Gasteiger partial charge in [0.1, 0.15) is 0 Å². The van der Waals surface area contributed by atoms with Crippen LogP contribution in [0, 0.1) is 5.41 Å². The van der Waals surface area contributed by atoms with Gasteiger partial charge in [0.05, 0.1) is 0 Å². The molecule has 0 atom stereocenters. The highest BCUT2D eigenvalue weighted by Crippen LogP contribution is 2.37. The fourth-order valence-corrected chi connectivity index (χ4v) is 3.91. The van der Waals surface area contributed by atoms with Crippen LogP contribution in [0.15, 0.2) is 22.2 Å². The number of aliphatic imine (C=N–C) groups is 1. The highest BCUT2D eigenvalue weighted by Gasteiger charge is 2.29. The molecule has 0 bridgehead atoms. The van der Waals surface area contributed by atoms with E-state index in [2.05, 4.69) is 33.9 Å². The number of halogens is 1. The SMILES string of the molecule is CCNC(=NCC1(C)CCCC1)N1CCN(c2nccn(C)c2=O)CC1.I. The first-order valence-electron chi connectivity index (χ1n) is 9.82. The molecule has 8 heteroatoms. The van der Waals surface area contributed by atoms with E-state index < -0.39 is 0 Å². The molecule has 1 aliphatic heterocycles. The van der Waals surface area contributed by atoms with Crippen LogP contribution < -0.4 is 15.8 Å². The van der Waals surface area contributed by atoms with E-state index in [0.717, 1.165) is 45.2 Å². The number of hydrogen-bond donors (Lipinski definition) is 1. The molecule has 2 heterocycles. The van der Waals surface area contributed by atoms with E-state index in [4.69, 9.17) is 4.99 Å². The van der Waals surface area contributed by atoms with Crippen molar-refractivity contribution in [1.29, 1.82) is 0 Å². The lowest BCUT2D eigenvalue weighted by molar-refractivity contribution is 0.338. The lowest BCUT2D eigenvalue weighted by Gasteiger charge is -2.37. The molecular formula is C19H33IN6O. The summed E-state index contributed by atoms with van der Waals surface area (Å²) in [5.41, 5.74) is 0.332. The van der Waals surface area contributed by atoms with Crippen LogP contribution >= 0.6 is 24.0 Å². The van der Waals surface area contributed by atoms with Crippen molar-refractivity contribution >= 4 is 35.8 Å². The maximum Gasteiger partial charge on any atom is 0.293 e. The maximum absolute atomic E-state index is 12.3. The topological polar surface area (TPSA) is 65.8 Å². The molecule has 0 spiro atoms. The third-order valence-electron chi connectivity index (χ3n) is 5.63. The number of guanidine groups is 1. The lowest BCUT2D eigenvalue weighted by atomic mass is 9.89. The first-order chi connectivity index (χ1) is 12.5. The van der Waals surface area contributed by atoms with E-state index in [0.29, 0.717) is 11.2 Å². The molecule has 2 fully saturated rings. The number of anilines is 1. The van der Waals surface area contributed by atoms with Crippen LogP contribution in [-0.2, 0) is 7.05 Å². The predicted molar refractivity (Wildman–Crippen MR) is 121 cm³/mol. The van der Waals surface area contributed by atoms with Crippen LogP contribution in [0.4, 0.5) is 5.82 Å². The van der Waals surface area contributed by atoms with Crippen LogP contribution in [-0.4, -0.2) is 59.7 Å². The third-order valence-corrected chi connectivity index (χ3v) is 5.63. The Morgan fingerprint density at radius 2 is 1.93 bits per heavy atom. The Kier molecular flexibility index (Phi) is 7.93. The lowest BCUT2D eigenvalue weighted by Crippen LogP contribution is -2.53. The smallest absolute Gasteiger partial charge is 0.293 e. The van der Waals surface area contributed by atoms with Gasteiger partial charge in [0.2, 0.25) is 0 Å². The summed E-state index contributed by atoms with van der Waals surface area (Å²) in [5, 5.41) is 3.44. The number of nitrogens with one attached hydrogen (secondary N) is 1. The summed E-state index contributed by atoms with van der Waals surface area (Å²) in [6, 6.07) is 0. The number of hydrogen-bond acceptors (Lipinski definition) is 4. The molecule has 0 amide bonds. The van der Waals surface area contributed by atoms with Crippen molar-refractivity contribution in [2.45, 2.75) is 39.5 Å². The monoisotopic (exact) mass is 488 g/mol. The van der Waals surface area contributed by atoms with Crippen molar-refractivity contribution in [2.24, 2.45) is 17.5 Å². The van der Waals surface area contributed by atoms with Gasteiger partial charge in [-0.05, 0) is 25.2 Å². The normalized spacial score (nSPS) is 19.7. The van der Waals surface area contributed by atoms with Gasteiger partial charge in [0, 0.05) is 58.7 Å². The van der Waals surface area contributed by atoms with E-state index in [1.54, 1.807) is 24.0 Å². The molecule has 1 aromatic heterocycles. The van der Waals surface area contributed by atoms with Crippen molar-refractivity contribution < 1.29 is 0 Å². The minimum absolute atomic E-state index is 0. The largest absolute Gasteiger partial charge is 0.357 e. The first kappa shape index (κ1) is 22.0. The summed E-state index contributed by atoms with van der Waals surface area (Å²) in [6.45, 7) is 9.52. The summed E-state index contributed by atoms with van der Waals surface area (Å²) < 4.78 is 1.59. The third kappa shape index (κ3) is 5.36. The zero-order valence-corrected chi connectivity index (χ0v) is 19.1. The number of aryl methyl sites for hydroxylation is 1. The van der Waals surface area contributed by atoms with Crippen molar-refractivity contribution in [3.63, 3.8) is 0 Å². The van der Waals surface area contributed by atoms with Gasteiger partial charge >= 0.3 is 0 Å². The summed E-state index contributed by atoms with van der Waals surface area (Å²) in [5.74, 6) is 1.56. The molecule has 152 valence electrons. The van der Waals surface area contributed by atoms with E-state index in [1.807, 2.05) is 0 Å². The Hall–Kier alpha value is -1.32. The van der Waals surface area contributed by atoms with Crippen molar-refractivity contribution in [3.8, 4) is 0 Å². The van der Waals surface area contributed by atoms with Crippen LogP contribution in [0.1, 0.15) is 39.5 Å². The Labute approximate surface area is 179 Å². The summed E-state index contributed by atoms with van der Waals surface area (Å²) in [4.78, 5) is 25.9. The van der Waals surface area contributed by atoms with Gasteiger partial charge in [-0.25, -0.2) is 4.98 Å². The first-order valence-corrected chi connectivity index (χ1v) is 9.82. The second-order valence-electron chi connectivity index (χ2n) is 7.83. The predicted octanol–water partition coefficient (Wildman–Crippen LogP) is 2.07. The van der Waals surface area contributed by atoms with Gasteiger partial charge < -0.3 is 19.7 Å². The molecule has 1 aromatic rings. The fraction of sp³-hybridized carbons (Fsp3) is 0.737. The molecule has 1 saturated carbocycles. The number of piperazine rings is 1. The van der Waals surface area contributed by atoms with Crippen LogP contribution in [0.25, 0.3) is 0 Å². The Morgan fingerprint density at radius 3 is 2.56 bits per heavy atom. The van der Waals surface area contributed by atoms with Gasteiger partial charge in [-0.2, -0.15) is 0 Å². The van der Waals surface area contributed by atoms with E-state index in [9.17, 15) is 4.79 Å². The van der Waals surface area contributed by atoms with Crippen molar-refractivity contribution in [1.82, 2.24) is 19.8 Å². The molecule has 3 rings (SSSR count). The standard InChI is InChI=1S/C19H32N6O.HI/c1-4-20-18(22-15-19(2)7-5-6-8-19)25-13-11-24(12-14-25)16-17(26)23(3)10-9-21-16;/h9-10H,4-8,11-15H2,1-3H3,(H,20,22);1H. The summed E-state index contributed by atoms with van der Waals surface area (Å²) in [6.07, 6.45) is 8.62. The van der Waals surface area contributed by atoms with Crippen LogP contribution in [0.3, 0.4) is 0 Å². The second kappa shape index (κ2) is 9.75. The molecule has 0 aromatic carbocycles. The highest BCUT2D eigenvalue weighted by atomic mass is 127. The van der Waals surface area contributed by atoms with Gasteiger partial charge in [-0.3, -0.25) is 9.79 Å². The van der Waals surface area contributed by atoms with Gasteiger partial charge in [0.15, 0.2) is 11.8 Å². The average molecular weight is 488 g/mol. The summed E-state index contributed by atoms with van der Waals surface area (Å²) >= 11 is 0. The van der Waals surface area contributed by atoms with E-state index in [1.165, 1.54) is 25.7 Å². The number of aromatic nitrogens is 2. The number of rotatable bonds is 4. The van der Waals surface area contributed by atoms with Gasteiger partial charge in [-0.1, -0.05) is 19.8 Å². The van der Waals surface area contributed by atoms with Crippen LogP contribution in [0.2, 0.25) is 0 Å². The molecular weight excluding hydrogens is 455 g/mol. The maximum atomic E-state index is 12.3. The molecule has 7 nitrogen and oxygen atoms in total. The quantitative estimate of drug-likeness (QED) is 0.400. The highest BCUT2D eigenvalue weighted by molar-refractivity contribution is 14.0. The van der Waals surface area contributed by atoms with E-state index in [-0.39, 0.29) is 29.5 Å². The second-order valence-corrected chi connectivity index (χ2v) is 7.83. The summed E-state index contributed by atoms with van der Waals surface area (Å²) in [7, 11) is 1.77. The molecule has 1 saturated heterocycles. The minimum atomic E-state index is -0.0318. The zero-order valence-electron chi connectivity index (χ0n) is 16.8.